The summed E-state index contributed by atoms with van der Waals surface area (Å²) < 4.78 is 28.2. The van der Waals surface area contributed by atoms with Crippen LogP contribution < -0.4 is 5.32 Å². The summed E-state index contributed by atoms with van der Waals surface area (Å²) in [4.78, 5) is 12.9. The lowest BCUT2D eigenvalue weighted by molar-refractivity contribution is -0.119. The molecule has 1 saturated heterocycles. The molecule has 1 N–H and O–H groups in total. The molecule has 1 heterocycles. The van der Waals surface area contributed by atoms with Gasteiger partial charge in [-0.05, 0) is 78.8 Å². The molecule has 7 heteroatoms. The summed E-state index contributed by atoms with van der Waals surface area (Å²) in [7, 11) is -3.68. The van der Waals surface area contributed by atoms with Crippen molar-refractivity contribution in [2.75, 3.05) is 11.9 Å². The normalized spacial score (nSPS) is 18.2. The maximum atomic E-state index is 12.9. The molecule has 1 aliphatic heterocycles. The largest absolute Gasteiger partial charge is 0.325 e. The number of aryl methyl sites for hydroxylation is 1. The van der Waals surface area contributed by atoms with Gasteiger partial charge in [0.05, 0.1) is 4.90 Å². The van der Waals surface area contributed by atoms with Gasteiger partial charge >= 0.3 is 0 Å². The van der Waals surface area contributed by atoms with Crippen molar-refractivity contribution in [1.29, 1.82) is 0 Å². The van der Waals surface area contributed by atoms with Crippen LogP contribution in [0.25, 0.3) is 0 Å². The Balaban J connectivity index is 1.80. The van der Waals surface area contributed by atoms with Crippen LogP contribution in [-0.2, 0) is 14.8 Å². The Morgan fingerprint density at radius 1 is 1.12 bits per heavy atom. The fourth-order valence-corrected chi connectivity index (χ4v) is 4.91. The average molecular weight is 470 g/mol. The molecule has 0 radical (unpaired) electrons. The molecule has 1 fully saturated rings. The average Bonchev–Trinajstić information content (AvgIpc) is 3.08. The van der Waals surface area contributed by atoms with Gasteiger partial charge < -0.3 is 5.32 Å². The molecule has 0 saturated carbocycles. The highest BCUT2D eigenvalue weighted by atomic mass is 127. The van der Waals surface area contributed by atoms with Gasteiger partial charge in [0.2, 0.25) is 15.9 Å². The highest BCUT2D eigenvalue weighted by Crippen LogP contribution is 2.27. The molecule has 5 nitrogen and oxygen atoms in total. The second-order valence-corrected chi connectivity index (χ2v) is 9.22. The van der Waals surface area contributed by atoms with Crippen LogP contribution in [-0.4, -0.2) is 31.2 Å². The molecule has 2 aromatic rings. The van der Waals surface area contributed by atoms with E-state index in [0.717, 1.165) is 9.13 Å². The molecule has 0 bridgehead atoms. The lowest BCUT2D eigenvalue weighted by Crippen LogP contribution is -2.43. The summed E-state index contributed by atoms with van der Waals surface area (Å²) >= 11 is 2.19. The number of amides is 1. The number of nitrogens with zero attached hydrogens (tertiary/aromatic N) is 1. The van der Waals surface area contributed by atoms with Crippen LogP contribution in [0.4, 0.5) is 5.69 Å². The lowest BCUT2D eigenvalue weighted by atomic mass is 10.2. The second-order valence-electron chi connectivity index (χ2n) is 6.08. The highest BCUT2D eigenvalue weighted by Gasteiger charge is 2.39. The summed E-state index contributed by atoms with van der Waals surface area (Å²) in [5, 5.41) is 2.83. The van der Waals surface area contributed by atoms with Crippen LogP contribution in [0, 0.1) is 10.5 Å². The van der Waals surface area contributed by atoms with Crippen LogP contribution in [0.2, 0.25) is 0 Å². The number of anilines is 1. The van der Waals surface area contributed by atoms with Crippen LogP contribution >= 0.6 is 22.6 Å². The molecule has 0 unspecified atom stereocenters. The highest BCUT2D eigenvalue weighted by molar-refractivity contribution is 14.1. The zero-order valence-electron chi connectivity index (χ0n) is 13.8. The number of sulfonamides is 1. The molecule has 3 rings (SSSR count). The third-order valence-corrected chi connectivity index (χ3v) is 6.89. The van der Waals surface area contributed by atoms with Crippen molar-refractivity contribution in [3.05, 3.63) is 57.7 Å². The van der Waals surface area contributed by atoms with E-state index < -0.39 is 16.1 Å². The van der Waals surface area contributed by atoms with E-state index in [4.69, 9.17) is 0 Å². The quantitative estimate of drug-likeness (QED) is 0.697. The van der Waals surface area contributed by atoms with E-state index >= 15 is 0 Å². The summed E-state index contributed by atoms with van der Waals surface area (Å²) in [6.45, 7) is 2.27. The number of halogens is 1. The standard InChI is InChI=1S/C18H19IN2O3S/c1-13-4-10-16(11-5-13)25(23,24)21-12-2-3-17(21)18(22)20-15-8-6-14(19)7-9-15/h4-11,17H,2-3,12H2,1H3,(H,20,22)/t17-/m0/s1. The third kappa shape index (κ3) is 4.04. The molecular weight excluding hydrogens is 451 g/mol. The summed E-state index contributed by atoms with van der Waals surface area (Å²) in [5.41, 5.74) is 1.67. The third-order valence-electron chi connectivity index (χ3n) is 4.25. The first-order chi connectivity index (χ1) is 11.9. The van der Waals surface area contributed by atoms with Gasteiger partial charge in [0.15, 0.2) is 0 Å². The summed E-state index contributed by atoms with van der Waals surface area (Å²) in [6, 6.07) is 13.5. The minimum absolute atomic E-state index is 0.229. The van der Waals surface area contributed by atoms with Crippen LogP contribution in [0.5, 0.6) is 0 Å². The maximum absolute atomic E-state index is 12.9. The fourth-order valence-electron chi connectivity index (χ4n) is 2.89. The van der Waals surface area contributed by atoms with Gasteiger partial charge in [-0.2, -0.15) is 4.31 Å². The smallest absolute Gasteiger partial charge is 0.243 e. The monoisotopic (exact) mass is 470 g/mol. The number of hydrogen-bond donors (Lipinski definition) is 1. The van der Waals surface area contributed by atoms with E-state index in [1.54, 1.807) is 24.3 Å². The molecule has 0 spiro atoms. The molecule has 0 aromatic heterocycles. The van der Waals surface area contributed by atoms with Crippen LogP contribution in [0.3, 0.4) is 0 Å². The van der Waals surface area contributed by atoms with Crippen molar-refractivity contribution in [3.8, 4) is 0 Å². The van der Waals surface area contributed by atoms with E-state index in [1.165, 1.54) is 4.31 Å². The Morgan fingerprint density at radius 3 is 2.40 bits per heavy atom. The zero-order valence-corrected chi connectivity index (χ0v) is 16.7. The number of benzene rings is 2. The molecule has 1 aliphatic rings. The first-order valence-corrected chi connectivity index (χ1v) is 10.5. The Hall–Kier alpha value is -1.45. The predicted molar refractivity (Wildman–Crippen MR) is 106 cm³/mol. The van der Waals surface area contributed by atoms with Crippen molar-refractivity contribution in [1.82, 2.24) is 4.31 Å². The van der Waals surface area contributed by atoms with Crippen molar-refractivity contribution in [2.45, 2.75) is 30.7 Å². The van der Waals surface area contributed by atoms with Crippen LogP contribution in [0.1, 0.15) is 18.4 Å². The fraction of sp³-hybridized carbons (Fsp3) is 0.278. The molecule has 132 valence electrons. The Labute approximate surface area is 161 Å². The van der Waals surface area contributed by atoms with E-state index in [1.807, 2.05) is 31.2 Å². The van der Waals surface area contributed by atoms with Gasteiger partial charge in [0.25, 0.3) is 0 Å². The molecule has 1 amide bonds. The number of carbonyl (C=O) groups is 1. The van der Waals surface area contributed by atoms with Crippen molar-refractivity contribution >= 4 is 44.2 Å². The lowest BCUT2D eigenvalue weighted by Gasteiger charge is -2.23. The molecule has 25 heavy (non-hydrogen) atoms. The zero-order chi connectivity index (χ0) is 18.0. The van der Waals surface area contributed by atoms with E-state index in [9.17, 15) is 13.2 Å². The van der Waals surface area contributed by atoms with Gasteiger partial charge in [0, 0.05) is 15.8 Å². The van der Waals surface area contributed by atoms with Gasteiger partial charge in [-0.15, -0.1) is 0 Å². The minimum Gasteiger partial charge on any atom is -0.325 e. The number of nitrogens with one attached hydrogen (secondary N) is 1. The number of carbonyl (C=O) groups excluding carboxylic acids is 1. The first-order valence-electron chi connectivity index (χ1n) is 8.03. The van der Waals surface area contributed by atoms with Crippen molar-refractivity contribution in [2.24, 2.45) is 0 Å². The Bertz CT molecular complexity index is 864. The Kier molecular flexibility index (Phi) is 5.45. The number of rotatable bonds is 4. The van der Waals surface area contributed by atoms with Crippen LogP contribution in [0.15, 0.2) is 53.4 Å². The maximum Gasteiger partial charge on any atom is 0.243 e. The predicted octanol–water partition coefficient (Wildman–Crippen LogP) is 3.39. The van der Waals surface area contributed by atoms with Crippen molar-refractivity contribution in [3.63, 3.8) is 0 Å². The van der Waals surface area contributed by atoms with Crippen molar-refractivity contribution < 1.29 is 13.2 Å². The first kappa shape index (κ1) is 18.3. The molecule has 2 aromatic carbocycles. The van der Waals surface area contributed by atoms with Gasteiger partial charge in [-0.25, -0.2) is 8.42 Å². The van der Waals surface area contributed by atoms with Gasteiger partial charge in [-0.3, -0.25) is 4.79 Å². The summed E-state index contributed by atoms with van der Waals surface area (Å²) in [5.74, 6) is -0.283. The van der Waals surface area contributed by atoms with Gasteiger partial charge in [0.1, 0.15) is 6.04 Å². The molecule has 1 atom stereocenters. The second kappa shape index (κ2) is 7.43. The van der Waals surface area contributed by atoms with Gasteiger partial charge in [-0.1, -0.05) is 17.7 Å². The number of hydrogen-bond acceptors (Lipinski definition) is 3. The Morgan fingerprint density at radius 2 is 1.76 bits per heavy atom. The summed E-state index contributed by atoms with van der Waals surface area (Å²) in [6.07, 6.45) is 1.21. The topological polar surface area (TPSA) is 66.5 Å². The van der Waals surface area contributed by atoms with E-state index in [-0.39, 0.29) is 10.8 Å². The van der Waals surface area contributed by atoms with E-state index in [2.05, 4.69) is 27.9 Å². The molecule has 0 aliphatic carbocycles. The SMILES string of the molecule is Cc1ccc(S(=O)(=O)N2CCC[C@H]2C(=O)Nc2ccc(I)cc2)cc1. The van der Waals surface area contributed by atoms with E-state index in [0.29, 0.717) is 25.1 Å². The molecular formula is C18H19IN2O3S. The minimum atomic E-state index is -3.68.